The predicted octanol–water partition coefficient (Wildman–Crippen LogP) is 1.77. The second-order valence-corrected chi connectivity index (χ2v) is 3.28. The summed E-state index contributed by atoms with van der Waals surface area (Å²) in [6, 6.07) is 0. The van der Waals surface area contributed by atoms with E-state index in [9.17, 15) is 5.11 Å². The number of nitrogens with zero attached hydrogens (tertiary/aromatic N) is 2. The molecule has 13 heavy (non-hydrogen) atoms. The van der Waals surface area contributed by atoms with Crippen molar-refractivity contribution in [3.05, 3.63) is 0 Å². The fourth-order valence-corrected chi connectivity index (χ4v) is 1.82. The average Bonchev–Trinajstić information content (AvgIpc) is 2.07. The summed E-state index contributed by atoms with van der Waals surface area (Å²) in [7, 11) is 0. The molecule has 0 aromatic carbocycles. The highest BCUT2D eigenvalue weighted by Crippen LogP contribution is 2.16. The molecule has 79 valence electrons. The zero-order valence-corrected chi connectivity index (χ0v) is 9.63. The molecule has 0 amide bonds. The Bertz CT molecular complexity index is 115. The Hall–Kier alpha value is -0.120. The quantitative estimate of drug-likeness (QED) is 0.592. The molecule has 0 saturated carbocycles. The third-order valence-electron chi connectivity index (χ3n) is 2.70. The van der Waals surface area contributed by atoms with Gasteiger partial charge in [-0.1, -0.05) is 27.7 Å². The molecule has 0 aliphatic heterocycles. The van der Waals surface area contributed by atoms with E-state index in [0.717, 1.165) is 26.2 Å². The molecule has 0 aliphatic rings. The molecule has 0 rings (SSSR count). The standard InChI is InChI=1S/C10H23N2O/c1-6-11(7-2)10(5,13)12(8-3)9-4/h6-9H2,1-5H3. The van der Waals surface area contributed by atoms with Crippen LogP contribution in [0.3, 0.4) is 0 Å². The first-order valence-electron chi connectivity index (χ1n) is 5.24. The summed E-state index contributed by atoms with van der Waals surface area (Å²) in [6.07, 6.45) is 0. The molecule has 0 aliphatic carbocycles. The van der Waals surface area contributed by atoms with Gasteiger partial charge >= 0.3 is 0 Å². The maximum absolute atomic E-state index is 12.3. The molecule has 0 heterocycles. The van der Waals surface area contributed by atoms with Crippen molar-refractivity contribution in [1.29, 1.82) is 0 Å². The minimum Gasteiger partial charge on any atom is -0.261 e. The normalized spacial score (nSPS) is 12.9. The molecule has 3 nitrogen and oxygen atoms in total. The lowest BCUT2D eigenvalue weighted by molar-refractivity contribution is -0.236. The summed E-state index contributed by atoms with van der Waals surface area (Å²) >= 11 is 0. The van der Waals surface area contributed by atoms with Gasteiger partial charge in [-0.3, -0.25) is 9.80 Å². The van der Waals surface area contributed by atoms with Crippen molar-refractivity contribution in [3.8, 4) is 0 Å². The Balaban J connectivity index is 4.48. The third-order valence-corrected chi connectivity index (χ3v) is 2.70. The summed E-state index contributed by atoms with van der Waals surface area (Å²) < 4.78 is 0. The molecule has 0 aromatic heterocycles. The summed E-state index contributed by atoms with van der Waals surface area (Å²) in [6.45, 7) is 13.1. The lowest BCUT2D eigenvalue weighted by atomic mass is 10.3. The van der Waals surface area contributed by atoms with Crippen molar-refractivity contribution < 1.29 is 5.11 Å². The molecule has 3 heteroatoms. The van der Waals surface area contributed by atoms with Gasteiger partial charge in [0, 0.05) is 0 Å². The maximum Gasteiger partial charge on any atom is 0.210 e. The van der Waals surface area contributed by atoms with Crippen LogP contribution in [0.4, 0.5) is 0 Å². The number of hydrogen-bond donors (Lipinski definition) is 0. The third kappa shape index (κ3) is 2.93. The molecule has 0 atom stereocenters. The van der Waals surface area contributed by atoms with Crippen LogP contribution in [0, 0.1) is 0 Å². The minimum atomic E-state index is -1.05. The first-order valence-corrected chi connectivity index (χ1v) is 5.24. The smallest absolute Gasteiger partial charge is 0.210 e. The van der Waals surface area contributed by atoms with Gasteiger partial charge in [0.2, 0.25) is 5.85 Å². The van der Waals surface area contributed by atoms with Crippen LogP contribution in [0.2, 0.25) is 0 Å². The van der Waals surface area contributed by atoms with Crippen LogP contribution in [0.5, 0.6) is 0 Å². The van der Waals surface area contributed by atoms with Crippen LogP contribution >= 0.6 is 0 Å². The van der Waals surface area contributed by atoms with E-state index in [1.165, 1.54) is 0 Å². The van der Waals surface area contributed by atoms with Crippen LogP contribution in [-0.2, 0) is 5.11 Å². The predicted molar refractivity (Wildman–Crippen MR) is 54.9 cm³/mol. The van der Waals surface area contributed by atoms with Gasteiger partial charge in [-0.05, 0) is 33.1 Å². The Morgan fingerprint density at radius 2 is 1.08 bits per heavy atom. The summed E-state index contributed by atoms with van der Waals surface area (Å²) in [4.78, 5) is 3.89. The van der Waals surface area contributed by atoms with E-state index in [-0.39, 0.29) is 0 Å². The van der Waals surface area contributed by atoms with Gasteiger partial charge in [-0.25, -0.2) is 0 Å². The highest BCUT2D eigenvalue weighted by atomic mass is 16.3. The Morgan fingerprint density at radius 1 is 0.846 bits per heavy atom. The molecule has 0 saturated heterocycles. The molecule has 0 aromatic rings. The fourth-order valence-electron chi connectivity index (χ4n) is 1.82. The highest BCUT2D eigenvalue weighted by Gasteiger charge is 2.34. The van der Waals surface area contributed by atoms with Gasteiger partial charge in [-0.2, -0.15) is 5.11 Å². The zero-order chi connectivity index (χ0) is 10.5. The summed E-state index contributed by atoms with van der Waals surface area (Å²) in [5, 5.41) is 12.3. The van der Waals surface area contributed by atoms with Crippen LogP contribution < -0.4 is 0 Å². The van der Waals surface area contributed by atoms with Gasteiger partial charge in [0.25, 0.3) is 0 Å². The van der Waals surface area contributed by atoms with Crippen molar-refractivity contribution in [1.82, 2.24) is 9.80 Å². The lowest BCUT2D eigenvalue weighted by Crippen LogP contribution is -2.57. The van der Waals surface area contributed by atoms with Crippen LogP contribution in [0.15, 0.2) is 0 Å². The van der Waals surface area contributed by atoms with E-state index >= 15 is 0 Å². The topological polar surface area (TPSA) is 26.4 Å². The largest absolute Gasteiger partial charge is 0.261 e. The van der Waals surface area contributed by atoms with E-state index in [0.29, 0.717) is 0 Å². The number of hydrogen-bond acceptors (Lipinski definition) is 2. The van der Waals surface area contributed by atoms with E-state index in [1.54, 1.807) is 6.92 Å². The Kier molecular flexibility index (Phi) is 5.53. The molecule has 0 bridgehead atoms. The Labute approximate surface area is 82.3 Å². The maximum atomic E-state index is 12.3. The average molecular weight is 187 g/mol. The monoisotopic (exact) mass is 187 g/mol. The van der Waals surface area contributed by atoms with Crippen molar-refractivity contribution in [2.24, 2.45) is 0 Å². The van der Waals surface area contributed by atoms with Crippen molar-refractivity contribution in [3.63, 3.8) is 0 Å². The minimum absolute atomic E-state index is 0.812. The molecular weight excluding hydrogens is 164 g/mol. The van der Waals surface area contributed by atoms with E-state index in [4.69, 9.17) is 0 Å². The molecule has 0 spiro atoms. The van der Waals surface area contributed by atoms with Crippen molar-refractivity contribution >= 4 is 0 Å². The van der Waals surface area contributed by atoms with E-state index < -0.39 is 5.85 Å². The second kappa shape index (κ2) is 5.58. The van der Waals surface area contributed by atoms with Crippen LogP contribution in [0.25, 0.3) is 0 Å². The van der Waals surface area contributed by atoms with E-state index in [2.05, 4.69) is 0 Å². The SMILES string of the molecule is CCN(CC)C(C)([O])N(CC)CC. The Morgan fingerprint density at radius 3 is 1.23 bits per heavy atom. The lowest BCUT2D eigenvalue weighted by Gasteiger charge is -2.41. The van der Waals surface area contributed by atoms with Crippen molar-refractivity contribution in [2.75, 3.05) is 26.2 Å². The summed E-state index contributed by atoms with van der Waals surface area (Å²) in [5.74, 6) is -1.05. The zero-order valence-electron chi connectivity index (χ0n) is 9.63. The van der Waals surface area contributed by atoms with Gasteiger partial charge in [0.1, 0.15) is 0 Å². The molecule has 0 fully saturated rings. The summed E-state index contributed by atoms with van der Waals surface area (Å²) in [5.41, 5.74) is 0. The van der Waals surface area contributed by atoms with Crippen LogP contribution in [-0.4, -0.2) is 41.8 Å². The molecule has 0 N–H and O–H groups in total. The molecule has 1 radical (unpaired) electrons. The fraction of sp³-hybridized carbons (Fsp3) is 1.00. The molecular formula is C10H23N2O. The van der Waals surface area contributed by atoms with E-state index in [1.807, 2.05) is 37.5 Å². The van der Waals surface area contributed by atoms with Gasteiger partial charge < -0.3 is 0 Å². The highest BCUT2D eigenvalue weighted by molar-refractivity contribution is 4.72. The first-order chi connectivity index (χ1) is 6.04. The first kappa shape index (κ1) is 12.9. The van der Waals surface area contributed by atoms with Gasteiger partial charge in [0.15, 0.2) is 0 Å². The van der Waals surface area contributed by atoms with Gasteiger partial charge in [-0.15, -0.1) is 0 Å². The van der Waals surface area contributed by atoms with Gasteiger partial charge in [0.05, 0.1) is 0 Å². The number of rotatable bonds is 6. The van der Waals surface area contributed by atoms with Crippen molar-refractivity contribution in [2.45, 2.75) is 40.5 Å². The second-order valence-electron chi connectivity index (χ2n) is 3.28. The molecule has 0 unspecified atom stereocenters. The van der Waals surface area contributed by atoms with Crippen LogP contribution in [0.1, 0.15) is 34.6 Å².